The van der Waals surface area contributed by atoms with E-state index in [2.05, 4.69) is 24.3 Å². The van der Waals surface area contributed by atoms with Gasteiger partial charge in [-0.25, -0.2) is 0 Å². The number of aliphatic hydroxyl groups is 2. The minimum absolute atomic E-state index is 0.0951. The molecule has 4 rings (SSSR count). The van der Waals surface area contributed by atoms with E-state index >= 15 is 0 Å². The lowest BCUT2D eigenvalue weighted by Gasteiger charge is -2.60. The maximum Gasteiger partial charge on any atom is 0.414 e. The molecular formula is C27H38F3NO5S. The summed E-state index contributed by atoms with van der Waals surface area (Å²) in [4.78, 5) is 0. The molecule has 208 valence electrons. The first-order valence-corrected chi connectivity index (χ1v) is 14.6. The van der Waals surface area contributed by atoms with Crippen molar-refractivity contribution in [1.29, 1.82) is 0 Å². The van der Waals surface area contributed by atoms with E-state index in [1.54, 1.807) is 12.1 Å². The summed E-state index contributed by atoms with van der Waals surface area (Å²) in [5.41, 5.74) is 1.91. The van der Waals surface area contributed by atoms with Crippen molar-refractivity contribution < 1.29 is 36.4 Å². The Hall–Kier alpha value is -1.62. The molecule has 10 heteroatoms. The minimum Gasteiger partial charge on any atom is -0.393 e. The monoisotopic (exact) mass is 545 g/mol. The Morgan fingerprint density at radius 3 is 2.62 bits per heavy atom. The summed E-state index contributed by atoms with van der Waals surface area (Å²) in [6, 6.07) is 5.34. The van der Waals surface area contributed by atoms with Gasteiger partial charge >= 0.3 is 16.5 Å². The van der Waals surface area contributed by atoms with Crippen molar-refractivity contribution in [3.8, 4) is 0 Å². The predicted octanol–water partition coefficient (Wildman–Crippen LogP) is 5.77. The van der Waals surface area contributed by atoms with Gasteiger partial charge in [0.1, 0.15) is 6.10 Å². The number of hydrogen-bond acceptors (Lipinski definition) is 4. The first-order chi connectivity index (χ1) is 17.2. The Balaban J connectivity index is 1.61. The number of fused-ring (bicyclic) bond motifs is 5. The number of benzene rings is 1. The zero-order valence-corrected chi connectivity index (χ0v) is 22.0. The number of hydrogen-bond donors (Lipinski definition) is 4. The molecule has 3 unspecified atom stereocenters. The molecule has 0 heterocycles. The van der Waals surface area contributed by atoms with Crippen LogP contribution in [0.2, 0.25) is 0 Å². The summed E-state index contributed by atoms with van der Waals surface area (Å²) in [7, 11) is -4.40. The molecule has 7 atom stereocenters. The van der Waals surface area contributed by atoms with Crippen molar-refractivity contribution in [2.75, 3.05) is 4.72 Å². The second kappa shape index (κ2) is 10.2. The normalized spacial score (nSPS) is 34.2. The SMILES string of the molecule is C=CC12CCc3cc(NS(=O)(=O)O)ccc3C1[C@@H](CCCCC[C@@H](O)C(F)(F)F)C[C@@]1(C)C2CC[C@@H]1O. The molecule has 0 aromatic heterocycles. The molecule has 2 fully saturated rings. The number of anilines is 1. The van der Waals surface area contributed by atoms with E-state index in [1.165, 1.54) is 0 Å². The second-order valence-corrected chi connectivity index (χ2v) is 12.8. The van der Waals surface area contributed by atoms with Crippen molar-refractivity contribution in [3.63, 3.8) is 0 Å². The van der Waals surface area contributed by atoms with E-state index in [0.717, 1.165) is 43.2 Å². The fraction of sp³-hybridized carbons (Fsp3) is 0.704. The number of unbranched alkanes of at least 4 members (excludes halogenated alkanes) is 2. The number of allylic oxidation sites excluding steroid dienone is 1. The van der Waals surface area contributed by atoms with Gasteiger partial charge in [-0.3, -0.25) is 9.27 Å². The molecule has 2 saturated carbocycles. The van der Waals surface area contributed by atoms with Crippen molar-refractivity contribution in [2.45, 2.75) is 95.4 Å². The van der Waals surface area contributed by atoms with Crippen LogP contribution in [0.25, 0.3) is 0 Å². The first-order valence-electron chi connectivity index (χ1n) is 13.2. The third-order valence-electron chi connectivity index (χ3n) is 9.55. The van der Waals surface area contributed by atoms with Crippen molar-refractivity contribution >= 4 is 16.0 Å². The van der Waals surface area contributed by atoms with E-state index in [9.17, 15) is 36.4 Å². The molecule has 3 aliphatic rings. The van der Waals surface area contributed by atoms with Crippen LogP contribution in [0.3, 0.4) is 0 Å². The highest BCUT2D eigenvalue weighted by atomic mass is 32.2. The molecule has 0 amide bonds. The fourth-order valence-electron chi connectivity index (χ4n) is 8.00. The highest BCUT2D eigenvalue weighted by molar-refractivity contribution is 7.87. The van der Waals surface area contributed by atoms with Crippen LogP contribution in [0.5, 0.6) is 0 Å². The van der Waals surface area contributed by atoms with Crippen molar-refractivity contribution in [1.82, 2.24) is 0 Å². The quantitative estimate of drug-likeness (QED) is 0.179. The molecule has 1 aromatic carbocycles. The molecular weight excluding hydrogens is 507 g/mol. The first kappa shape index (κ1) is 28.4. The molecule has 4 N–H and O–H groups in total. The molecule has 0 aliphatic heterocycles. The largest absolute Gasteiger partial charge is 0.414 e. The molecule has 0 bridgehead atoms. The molecule has 37 heavy (non-hydrogen) atoms. The van der Waals surface area contributed by atoms with Gasteiger partial charge in [0.05, 0.1) is 11.8 Å². The Morgan fingerprint density at radius 1 is 1.24 bits per heavy atom. The standard InChI is InChI=1S/C27H38F3NO5S/c1-3-26-14-13-17-15-19(31-37(34,35)36)9-10-20(17)24(26)18(16-25(2)21(26)11-12-22(25)32)7-5-4-6-8-23(33)27(28,29)30/h3,9-10,15,18,21-24,31-33H,1,4-8,11-14,16H2,2H3,(H,34,35,36)/t18-,21?,22-,23+,24?,25-,26?/m0/s1. The second-order valence-electron chi connectivity index (χ2n) is 11.6. The molecule has 0 spiro atoms. The van der Waals surface area contributed by atoms with E-state index in [1.807, 2.05) is 6.07 Å². The number of aryl methyl sites for hydroxylation is 1. The minimum atomic E-state index is -4.59. The molecule has 6 nitrogen and oxygen atoms in total. The topological polar surface area (TPSA) is 107 Å². The van der Waals surface area contributed by atoms with Crippen LogP contribution in [-0.4, -0.2) is 41.6 Å². The molecule has 0 saturated heterocycles. The average Bonchev–Trinajstić information content (AvgIpc) is 3.10. The molecule has 3 aliphatic carbocycles. The average molecular weight is 546 g/mol. The summed E-state index contributed by atoms with van der Waals surface area (Å²) < 4.78 is 71.9. The van der Waals surface area contributed by atoms with Crippen LogP contribution >= 0.6 is 0 Å². The van der Waals surface area contributed by atoms with Gasteiger partial charge < -0.3 is 10.2 Å². The van der Waals surface area contributed by atoms with Crippen LogP contribution in [0.15, 0.2) is 30.9 Å². The van der Waals surface area contributed by atoms with Crippen LogP contribution in [0.4, 0.5) is 18.9 Å². The number of rotatable bonds is 9. The molecule has 1 aromatic rings. The van der Waals surface area contributed by atoms with Crippen LogP contribution in [0.1, 0.15) is 81.8 Å². The van der Waals surface area contributed by atoms with Gasteiger partial charge in [-0.15, -0.1) is 6.58 Å². The van der Waals surface area contributed by atoms with E-state index in [4.69, 9.17) is 0 Å². The smallest absolute Gasteiger partial charge is 0.393 e. The van der Waals surface area contributed by atoms with Gasteiger partial charge in [-0.05, 0) is 96.8 Å². The van der Waals surface area contributed by atoms with E-state index in [0.29, 0.717) is 24.9 Å². The van der Waals surface area contributed by atoms with Gasteiger partial charge in [0.15, 0.2) is 0 Å². The third-order valence-corrected chi connectivity index (χ3v) is 10.0. The summed E-state index contributed by atoms with van der Waals surface area (Å²) in [6.07, 6.45) is 0.773. The summed E-state index contributed by atoms with van der Waals surface area (Å²) in [6.45, 7) is 6.43. The molecule has 0 radical (unpaired) electrons. The number of halogens is 3. The Morgan fingerprint density at radius 2 is 1.97 bits per heavy atom. The summed E-state index contributed by atoms with van der Waals surface area (Å²) in [5.74, 6) is 0.510. The lowest BCUT2D eigenvalue weighted by molar-refractivity contribution is -0.205. The van der Waals surface area contributed by atoms with Gasteiger partial charge in [0, 0.05) is 0 Å². The van der Waals surface area contributed by atoms with Gasteiger partial charge in [0.2, 0.25) is 0 Å². The number of aliphatic hydroxyl groups excluding tert-OH is 2. The Bertz CT molecular complexity index is 1110. The van der Waals surface area contributed by atoms with Crippen molar-refractivity contribution in [3.05, 3.63) is 42.0 Å². The lowest BCUT2D eigenvalue weighted by atomic mass is 9.44. The van der Waals surface area contributed by atoms with Gasteiger partial charge in [-0.2, -0.15) is 21.6 Å². The Kier molecular flexibility index (Phi) is 7.80. The van der Waals surface area contributed by atoms with Crippen LogP contribution in [0, 0.1) is 22.7 Å². The zero-order chi connectivity index (χ0) is 27.2. The van der Waals surface area contributed by atoms with Gasteiger partial charge in [0.25, 0.3) is 0 Å². The highest BCUT2D eigenvalue weighted by Crippen LogP contribution is 2.69. The highest BCUT2D eigenvalue weighted by Gasteiger charge is 2.63. The predicted molar refractivity (Wildman–Crippen MR) is 135 cm³/mol. The zero-order valence-electron chi connectivity index (χ0n) is 21.2. The summed E-state index contributed by atoms with van der Waals surface area (Å²) in [5, 5.41) is 20.3. The van der Waals surface area contributed by atoms with Crippen LogP contribution < -0.4 is 4.72 Å². The van der Waals surface area contributed by atoms with Gasteiger partial charge in [-0.1, -0.05) is 38.3 Å². The summed E-state index contributed by atoms with van der Waals surface area (Å²) >= 11 is 0. The van der Waals surface area contributed by atoms with E-state index < -0.39 is 28.7 Å². The lowest BCUT2D eigenvalue weighted by Crippen LogP contribution is -2.54. The maximum absolute atomic E-state index is 12.6. The fourth-order valence-corrected chi connectivity index (χ4v) is 8.43. The van der Waals surface area contributed by atoms with Crippen LogP contribution in [-0.2, 0) is 16.7 Å². The maximum atomic E-state index is 12.6. The third kappa shape index (κ3) is 5.44. The number of nitrogens with one attached hydrogen (secondary N) is 1. The Labute approximate surface area is 217 Å². The number of alkyl halides is 3. The van der Waals surface area contributed by atoms with E-state index in [-0.39, 0.29) is 41.4 Å². The van der Waals surface area contributed by atoms with Crippen molar-refractivity contribution in [2.24, 2.45) is 22.7 Å².